The van der Waals surface area contributed by atoms with E-state index < -0.39 is 24.3 Å². The lowest BCUT2D eigenvalue weighted by molar-refractivity contribution is -0.136. The number of nitrogens with zero attached hydrogens (tertiary/aromatic N) is 4. The second-order valence-corrected chi connectivity index (χ2v) is 20.0. The second-order valence-electron chi connectivity index (χ2n) is 20.0. The number of carbonyl (C=O) groups excluding carboxylic acids is 4. The van der Waals surface area contributed by atoms with E-state index in [1.54, 1.807) is 0 Å². The summed E-state index contributed by atoms with van der Waals surface area (Å²) < 4.78 is 9.63. The van der Waals surface area contributed by atoms with Crippen LogP contribution in [0.1, 0.15) is 126 Å². The lowest BCUT2D eigenvalue weighted by atomic mass is 9.76. The fourth-order valence-corrected chi connectivity index (χ4v) is 10.5. The first-order valence-electron chi connectivity index (χ1n) is 25.4. The number of rotatable bonds is 16. The van der Waals surface area contributed by atoms with Crippen LogP contribution in [0.5, 0.6) is 0 Å². The van der Waals surface area contributed by atoms with E-state index in [1.165, 1.54) is 53.2 Å². The molecule has 2 aromatic heterocycles. The number of aryl methyl sites for hydroxylation is 2. The first-order chi connectivity index (χ1) is 34.3. The van der Waals surface area contributed by atoms with E-state index in [4.69, 9.17) is 19.4 Å². The molecule has 14 nitrogen and oxygen atoms in total. The highest BCUT2D eigenvalue weighted by Gasteiger charge is 2.39. The number of aromatic nitrogens is 4. The van der Waals surface area contributed by atoms with Crippen molar-refractivity contribution in [3.05, 3.63) is 131 Å². The zero-order valence-corrected chi connectivity index (χ0v) is 42.5. The second kappa shape index (κ2) is 22.4. The molecule has 3 aromatic carbocycles. The van der Waals surface area contributed by atoms with E-state index in [0.29, 0.717) is 19.0 Å². The molecule has 3 aliphatic rings. The van der Waals surface area contributed by atoms with Gasteiger partial charge in [0.2, 0.25) is 11.8 Å². The van der Waals surface area contributed by atoms with Crippen LogP contribution in [0.4, 0.5) is 9.59 Å². The summed E-state index contributed by atoms with van der Waals surface area (Å²) in [5.41, 5.74) is 12.8. The van der Waals surface area contributed by atoms with Crippen molar-refractivity contribution in [1.29, 1.82) is 0 Å². The number of carbonyl (C=O) groups is 4. The van der Waals surface area contributed by atoms with Crippen molar-refractivity contribution in [1.82, 2.24) is 40.4 Å². The standard InChI is InChI=1S/C57H70N8O6/c1-9-38-30-45(40-22-26-42(27-23-40)47-33-59-53(61-47)49-13-11-29-65(49)55(67)51(35(4)5)63-57(69)71-8)43(19-18-37-16-14-36(6)15-17-37)31-44(38)39-20-24-41(25-21-39)46-32-58-52(60-46)48-12-10-28-64(48)54(66)50(34(2)3)62-56(68)70-7/h14-17,20-27,31-35,38,48-51H,9-13,18-19,28-30H2,1-8H3,(H,58,60)(H,59,61)(H,62,68)(H,63,69)/t38-,48-,49-,50-,51-/m0/s1. The number of nitrogens with one attached hydrogen (secondary N) is 4. The summed E-state index contributed by atoms with van der Waals surface area (Å²) in [7, 11) is 2.61. The van der Waals surface area contributed by atoms with E-state index in [2.05, 4.69) is 113 Å². The van der Waals surface area contributed by atoms with Crippen molar-refractivity contribution in [2.75, 3.05) is 27.3 Å². The van der Waals surface area contributed by atoms with E-state index in [9.17, 15) is 19.2 Å². The number of likely N-dealkylation sites (tertiary alicyclic amines) is 2. The molecule has 2 aliphatic heterocycles. The van der Waals surface area contributed by atoms with Gasteiger partial charge in [-0.15, -0.1) is 0 Å². The number of amides is 4. The van der Waals surface area contributed by atoms with Crippen LogP contribution in [0.15, 0.2) is 96.8 Å². The predicted octanol–water partition coefficient (Wildman–Crippen LogP) is 10.8. The molecule has 1 aliphatic carbocycles. The van der Waals surface area contributed by atoms with Gasteiger partial charge in [-0.3, -0.25) is 9.59 Å². The first-order valence-corrected chi connectivity index (χ1v) is 25.4. The van der Waals surface area contributed by atoms with Gasteiger partial charge in [0, 0.05) is 13.1 Å². The lowest BCUT2D eigenvalue weighted by Crippen LogP contribution is -2.51. The summed E-state index contributed by atoms with van der Waals surface area (Å²) in [5, 5.41) is 5.46. The third-order valence-corrected chi connectivity index (χ3v) is 14.7. The van der Waals surface area contributed by atoms with Gasteiger partial charge in [0.05, 0.1) is 50.1 Å². The highest BCUT2D eigenvalue weighted by Crippen LogP contribution is 2.44. The number of methoxy groups -OCH3 is 2. The number of imidazole rings is 2. The Bertz CT molecular complexity index is 2730. The van der Waals surface area contributed by atoms with Crippen LogP contribution in [0.3, 0.4) is 0 Å². The van der Waals surface area contributed by atoms with E-state index in [-0.39, 0.29) is 35.7 Å². The van der Waals surface area contributed by atoms with Crippen LogP contribution in [0, 0.1) is 24.7 Å². The summed E-state index contributed by atoms with van der Waals surface area (Å²) in [5.74, 6) is 1.32. The normalized spacial score (nSPS) is 19.0. The van der Waals surface area contributed by atoms with Crippen molar-refractivity contribution in [2.24, 2.45) is 17.8 Å². The number of ether oxygens (including phenoxy) is 2. The van der Waals surface area contributed by atoms with Gasteiger partial charge in [0.1, 0.15) is 23.7 Å². The Hall–Kier alpha value is -6.96. The molecule has 0 bridgehead atoms. The van der Waals surface area contributed by atoms with Crippen molar-refractivity contribution >= 4 is 35.1 Å². The smallest absolute Gasteiger partial charge is 0.407 e. The third kappa shape index (κ3) is 11.3. The fourth-order valence-electron chi connectivity index (χ4n) is 10.5. The number of allylic oxidation sites excluding steroid dienone is 4. The Kier molecular flexibility index (Phi) is 15.9. The van der Waals surface area contributed by atoms with Crippen molar-refractivity contribution in [3.8, 4) is 22.5 Å². The molecule has 5 atom stereocenters. The van der Waals surface area contributed by atoms with E-state index in [0.717, 1.165) is 85.5 Å². The molecule has 0 unspecified atom stereocenters. The molecule has 4 N–H and O–H groups in total. The Balaban J connectivity index is 1.03. The van der Waals surface area contributed by atoms with Gasteiger partial charge in [0.15, 0.2) is 0 Å². The fraction of sp³-hybridized carbons (Fsp3) is 0.439. The lowest BCUT2D eigenvalue weighted by Gasteiger charge is -2.30. The minimum absolute atomic E-state index is 0.109. The zero-order chi connectivity index (χ0) is 50.3. The quantitative estimate of drug-likeness (QED) is 0.0756. The van der Waals surface area contributed by atoms with Gasteiger partial charge in [-0.2, -0.15) is 0 Å². The van der Waals surface area contributed by atoms with E-state index in [1.807, 2.05) is 49.9 Å². The highest BCUT2D eigenvalue weighted by atomic mass is 16.5. The van der Waals surface area contributed by atoms with Crippen LogP contribution in [-0.4, -0.2) is 93.1 Å². The predicted molar refractivity (Wildman–Crippen MR) is 277 cm³/mol. The van der Waals surface area contributed by atoms with Crippen LogP contribution in [0.25, 0.3) is 33.7 Å². The molecule has 0 radical (unpaired) electrons. The topological polar surface area (TPSA) is 175 Å². The van der Waals surface area contributed by atoms with Crippen LogP contribution in [0.2, 0.25) is 0 Å². The van der Waals surface area contributed by atoms with Gasteiger partial charge >= 0.3 is 12.2 Å². The maximum atomic E-state index is 13.8. The maximum absolute atomic E-state index is 13.8. The molecular formula is C57H70N8O6. The number of aromatic amines is 2. The van der Waals surface area contributed by atoms with Gasteiger partial charge in [0.25, 0.3) is 0 Å². The molecule has 5 aromatic rings. The first kappa shape index (κ1) is 50.4. The largest absolute Gasteiger partial charge is 0.453 e. The average molecular weight is 963 g/mol. The molecule has 8 rings (SSSR count). The van der Waals surface area contributed by atoms with Gasteiger partial charge in [-0.25, -0.2) is 19.6 Å². The minimum Gasteiger partial charge on any atom is -0.453 e. The number of hydrogen-bond acceptors (Lipinski definition) is 8. The van der Waals surface area contributed by atoms with E-state index >= 15 is 0 Å². The molecule has 2 saturated heterocycles. The van der Waals surface area contributed by atoms with Gasteiger partial charge in [-0.1, -0.05) is 119 Å². The maximum Gasteiger partial charge on any atom is 0.407 e. The highest BCUT2D eigenvalue weighted by molar-refractivity contribution is 5.88. The summed E-state index contributed by atoms with van der Waals surface area (Å²) in [6.45, 7) is 13.3. The van der Waals surface area contributed by atoms with Crippen LogP contribution >= 0.6 is 0 Å². The van der Waals surface area contributed by atoms with Crippen molar-refractivity contribution < 1.29 is 28.7 Å². The zero-order valence-electron chi connectivity index (χ0n) is 42.5. The number of hydrogen-bond donors (Lipinski definition) is 4. The molecule has 0 spiro atoms. The Morgan fingerprint density at radius 3 is 1.58 bits per heavy atom. The average Bonchev–Trinajstić information content (AvgIpc) is 4.24. The molecular weight excluding hydrogens is 893 g/mol. The molecule has 2 fully saturated rings. The summed E-state index contributed by atoms with van der Waals surface area (Å²) in [6.07, 6.45) is 11.9. The van der Waals surface area contributed by atoms with Gasteiger partial charge < -0.3 is 39.9 Å². The van der Waals surface area contributed by atoms with Crippen molar-refractivity contribution in [2.45, 2.75) is 117 Å². The summed E-state index contributed by atoms with van der Waals surface area (Å²) in [4.78, 5) is 72.0. The Labute approximate surface area is 418 Å². The molecule has 4 heterocycles. The molecule has 0 saturated carbocycles. The number of benzene rings is 3. The number of alkyl carbamates (subject to hydrolysis) is 2. The molecule has 4 amide bonds. The number of H-pyrrole nitrogens is 2. The minimum atomic E-state index is -0.693. The monoisotopic (exact) mass is 963 g/mol. The molecule has 71 heavy (non-hydrogen) atoms. The molecule has 374 valence electrons. The van der Waals surface area contributed by atoms with Gasteiger partial charge in [-0.05, 0) is 121 Å². The summed E-state index contributed by atoms with van der Waals surface area (Å²) in [6, 6.07) is 24.6. The summed E-state index contributed by atoms with van der Waals surface area (Å²) >= 11 is 0. The van der Waals surface area contributed by atoms with Crippen LogP contribution in [-0.2, 0) is 25.5 Å². The third-order valence-electron chi connectivity index (χ3n) is 14.7. The van der Waals surface area contributed by atoms with Crippen molar-refractivity contribution in [3.63, 3.8) is 0 Å². The molecule has 14 heteroatoms. The SMILES string of the molecule is CC[C@H]1CC(c2ccc(-c3cnc([C@@H]4CCCN4C(=O)[C@@H](NC(=O)OC)C(C)C)[nH]3)cc2)=C(CCc2ccc(C)cc2)C=C1c1ccc(-c2cnc([C@@H]3CCCN3C(=O)[C@@H](NC(=O)OC)C(C)C)[nH]2)cc1. The Morgan fingerprint density at radius 1 is 0.662 bits per heavy atom. The Morgan fingerprint density at radius 2 is 1.13 bits per heavy atom. The van der Waals surface area contributed by atoms with Crippen LogP contribution < -0.4 is 10.6 Å².